The summed E-state index contributed by atoms with van der Waals surface area (Å²) in [6, 6.07) is 1.91. The van der Waals surface area contributed by atoms with Crippen molar-refractivity contribution in [2.75, 3.05) is 27.3 Å². The van der Waals surface area contributed by atoms with Gasteiger partial charge in [0.25, 0.3) is 0 Å². The molecule has 2 aliphatic carbocycles. The number of nitrogens with one attached hydrogen (secondary N) is 1. The third-order valence-electron chi connectivity index (χ3n) is 5.18. The maximum absolute atomic E-state index is 5.91. The van der Waals surface area contributed by atoms with Crippen molar-refractivity contribution in [3.63, 3.8) is 0 Å². The highest BCUT2D eigenvalue weighted by Crippen LogP contribution is 2.39. The lowest BCUT2D eigenvalue weighted by Gasteiger charge is -2.48. The molecule has 1 saturated heterocycles. The summed E-state index contributed by atoms with van der Waals surface area (Å²) in [4.78, 5) is 2.58. The summed E-state index contributed by atoms with van der Waals surface area (Å²) in [6.45, 7) is 1.54. The van der Waals surface area contributed by atoms with Crippen LogP contribution < -0.4 is 5.32 Å². The molecule has 18 heavy (non-hydrogen) atoms. The van der Waals surface area contributed by atoms with Crippen LogP contribution >= 0.6 is 0 Å². The van der Waals surface area contributed by atoms with Crippen LogP contribution in [0.15, 0.2) is 0 Å². The Morgan fingerprint density at radius 1 is 1.17 bits per heavy atom. The zero-order valence-corrected chi connectivity index (χ0v) is 11.7. The molecule has 4 nitrogen and oxygen atoms in total. The second kappa shape index (κ2) is 5.08. The molecule has 4 heteroatoms. The van der Waals surface area contributed by atoms with Crippen molar-refractivity contribution in [3.05, 3.63) is 0 Å². The number of hydrogen-bond acceptors (Lipinski definition) is 4. The van der Waals surface area contributed by atoms with Crippen LogP contribution in [0.5, 0.6) is 0 Å². The quantitative estimate of drug-likeness (QED) is 0.824. The Morgan fingerprint density at radius 2 is 1.89 bits per heavy atom. The van der Waals surface area contributed by atoms with Crippen LogP contribution in [0, 0.1) is 0 Å². The SMILES string of the molecule is CNC1CCC2(CC1N(C)C1CCC1)OCCO2. The summed E-state index contributed by atoms with van der Waals surface area (Å²) in [6.07, 6.45) is 7.32. The minimum absolute atomic E-state index is 0.268. The molecular formula is C14H26N2O2. The summed E-state index contributed by atoms with van der Waals surface area (Å²) < 4.78 is 11.8. The number of likely N-dealkylation sites (N-methyl/N-ethyl adjacent to an activating group) is 2. The standard InChI is InChI=1S/C14H26N2O2/c1-15-12-6-7-14(17-8-9-18-14)10-13(12)16(2)11-4-3-5-11/h11-13,15H,3-10H2,1-2H3. The van der Waals surface area contributed by atoms with Gasteiger partial charge >= 0.3 is 0 Å². The molecule has 0 amide bonds. The van der Waals surface area contributed by atoms with Crippen LogP contribution in [-0.4, -0.2) is 56.1 Å². The van der Waals surface area contributed by atoms with E-state index in [1.165, 1.54) is 19.3 Å². The molecular weight excluding hydrogens is 228 g/mol. The van der Waals surface area contributed by atoms with Crippen molar-refractivity contribution in [1.29, 1.82) is 0 Å². The maximum Gasteiger partial charge on any atom is 0.170 e. The van der Waals surface area contributed by atoms with E-state index in [1.54, 1.807) is 0 Å². The fourth-order valence-corrected chi connectivity index (χ4v) is 3.72. The van der Waals surface area contributed by atoms with Crippen molar-refractivity contribution in [3.8, 4) is 0 Å². The van der Waals surface area contributed by atoms with Crippen molar-refractivity contribution in [1.82, 2.24) is 10.2 Å². The van der Waals surface area contributed by atoms with Crippen molar-refractivity contribution in [2.24, 2.45) is 0 Å². The highest BCUT2D eigenvalue weighted by Gasteiger charge is 2.47. The Labute approximate surface area is 110 Å². The lowest BCUT2D eigenvalue weighted by atomic mass is 9.82. The Balaban J connectivity index is 1.70. The van der Waals surface area contributed by atoms with Gasteiger partial charge in [0.05, 0.1) is 13.2 Å². The Morgan fingerprint density at radius 3 is 2.44 bits per heavy atom. The second-order valence-corrected chi connectivity index (χ2v) is 6.06. The summed E-state index contributed by atoms with van der Waals surface area (Å²) in [7, 11) is 4.37. The fraction of sp³-hybridized carbons (Fsp3) is 1.00. The van der Waals surface area contributed by atoms with Gasteiger partial charge in [0.2, 0.25) is 0 Å². The molecule has 0 aromatic carbocycles. The first kappa shape index (κ1) is 12.9. The van der Waals surface area contributed by atoms with Crippen LogP contribution in [0.2, 0.25) is 0 Å². The molecule has 1 spiro atoms. The van der Waals surface area contributed by atoms with Crippen LogP contribution in [-0.2, 0) is 9.47 Å². The molecule has 2 atom stereocenters. The normalized spacial score (nSPS) is 36.2. The van der Waals surface area contributed by atoms with Gasteiger partial charge in [-0.15, -0.1) is 0 Å². The fourth-order valence-electron chi connectivity index (χ4n) is 3.72. The van der Waals surface area contributed by atoms with Crippen molar-refractivity contribution >= 4 is 0 Å². The van der Waals surface area contributed by atoms with Gasteiger partial charge < -0.3 is 14.8 Å². The lowest BCUT2D eigenvalue weighted by molar-refractivity contribution is -0.195. The molecule has 0 bridgehead atoms. The molecule has 2 saturated carbocycles. The molecule has 104 valence electrons. The van der Waals surface area contributed by atoms with Gasteiger partial charge in [-0.2, -0.15) is 0 Å². The number of nitrogens with zero attached hydrogens (tertiary/aromatic N) is 1. The summed E-state index contributed by atoms with van der Waals surface area (Å²) >= 11 is 0. The summed E-state index contributed by atoms with van der Waals surface area (Å²) in [5.74, 6) is -0.268. The van der Waals surface area contributed by atoms with Gasteiger partial charge in [-0.25, -0.2) is 0 Å². The average molecular weight is 254 g/mol. The van der Waals surface area contributed by atoms with E-state index in [4.69, 9.17) is 9.47 Å². The average Bonchev–Trinajstić information content (AvgIpc) is 2.75. The van der Waals surface area contributed by atoms with E-state index in [0.29, 0.717) is 12.1 Å². The van der Waals surface area contributed by atoms with E-state index in [-0.39, 0.29) is 5.79 Å². The topological polar surface area (TPSA) is 33.7 Å². The predicted molar refractivity (Wildman–Crippen MR) is 70.5 cm³/mol. The number of ether oxygens (including phenoxy) is 2. The maximum atomic E-state index is 5.91. The summed E-state index contributed by atoms with van der Waals surface area (Å²) in [5.41, 5.74) is 0. The molecule has 1 N–H and O–H groups in total. The Hall–Kier alpha value is -0.160. The zero-order chi connectivity index (χ0) is 12.6. The van der Waals surface area contributed by atoms with Crippen LogP contribution in [0.3, 0.4) is 0 Å². The van der Waals surface area contributed by atoms with Crippen LogP contribution in [0.25, 0.3) is 0 Å². The van der Waals surface area contributed by atoms with Gasteiger partial charge in [-0.1, -0.05) is 6.42 Å². The van der Waals surface area contributed by atoms with E-state index >= 15 is 0 Å². The smallest absolute Gasteiger partial charge is 0.170 e. The van der Waals surface area contributed by atoms with Crippen LogP contribution in [0.1, 0.15) is 38.5 Å². The monoisotopic (exact) mass is 254 g/mol. The Kier molecular flexibility index (Phi) is 3.63. The molecule has 1 heterocycles. The molecule has 3 fully saturated rings. The molecule has 3 aliphatic rings. The number of hydrogen-bond donors (Lipinski definition) is 1. The summed E-state index contributed by atoms with van der Waals surface area (Å²) in [5, 5.41) is 3.49. The van der Waals surface area contributed by atoms with Crippen molar-refractivity contribution in [2.45, 2.75) is 62.4 Å². The molecule has 0 aromatic heterocycles. The molecule has 2 unspecified atom stereocenters. The Bertz CT molecular complexity index is 288. The lowest BCUT2D eigenvalue weighted by Crippen LogP contribution is -2.59. The highest BCUT2D eigenvalue weighted by atomic mass is 16.7. The minimum Gasteiger partial charge on any atom is -0.347 e. The van der Waals surface area contributed by atoms with E-state index in [2.05, 4.69) is 24.3 Å². The minimum atomic E-state index is -0.268. The van der Waals surface area contributed by atoms with E-state index in [1.807, 2.05) is 0 Å². The van der Waals surface area contributed by atoms with Gasteiger partial charge in [0.1, 0.15) is 0 Å². The molecule has 0 aromatic rings. The van der Waals surface area contributed by atoms with E-state index in [9.17, 15) is 0 Å². The first-order valence-corrected chi connectivity index (χ1v) is 7.41. The molecule has 1 aliphatic heterocycles. The van der Waals surface area contributed by atoms with E-state index < -0.39 is 0 Å². The highest BCUT2D eigenvalue weighted by molar-refractivity contribution is 4.97. The zero-order valence-electron chi connectivity index (χ0n) is 11.7. The van der Waals surface area contributed by atoms with Gasteiger partial charge in [-0.3, -0.25) is 4.90 Å². The van der Waals surface area contributed by atoms with Crippen molar-refractivity contribution < 1.29 is 9.47 Å². The van der Waals surface area contributed by atoms with Crippen LogP contribution in [0.4, 0.5) is 0 Å². The third-order valence-corrected chi connectivity index (χ3v) is 5.18. The first-order valence-electron chi connectivity index (χ1n) is 7.41. The van der Waals surface area contributed by atoms with Gasteiger partial charge in [-0.05, 0) is 33.4 Å². The van der Waals surface area contributed by atoms with Gasteiger partial charge in [0.15, 0.2) is 5.79 Å². The third kappa shape index (κ3) is 2.20. The first-order chi connectivity index (χ1) is 8.74. The molecule has 3 rings (SSSR count). The largest absolute Gasteiger partial charge is 0.347 e. The second-order valence-electron chi connectivity index (χ2n) is 6.06. The number of rotatable bonds is 3. The van der Waals surface area contributed by atoms with E-state index in [0.717, 1.165) is 38.5 Å². The molecule has 0 radical (unpaired) electrons. The van der Waals surface area contributed by atoms with Gasteiger partial charge in [0, 0.05) is 31.0 Å². The predicted octanol–water partition coefficient (Wildman–Crippen LogP) is 1.35.